The zero-order chi connectivity index (χ0) is 25.9. The van der Waals surface area contributed by atoms with E-state index in [4.69, 9.17) is 0 Å². The minimum Gasteiger partial charge on any atom is -0.348 e. The van der Waals surface area contributed by atoms with Gasteiger partial charge in [-0.05, 0) is 43.2 Å². The molecule has 12 heteroatoms. The van der Waals surface area contributed by atoms with E-state index in [0.29, 0.717) is 38.9 Å². The van der Waals surface area contributed by atoms with Gasteiger partial charge in [0.2, 0.25) is 0 Å². The molecule has 0 fully saturated rings. The highest BCUT2D eigenvalue weighted by Gasteiger charge is 2.31. The summed E-state index contributed by atoms with van der Waals surface area (Å²) in [5, 5.41) is 14.2. The van der Waals surface area contributed by atoms with E-state index < -0.39 is 11.7 Å². The minimum atomic E-state index is -4.49. The van der Waals surface area contributed by atoms with E-state index in [0.717, 1.165) is 12.1 Å². The number of amides is 1. The highest BCUT2D eigenvalue weighted by Crippen LogP contribution is 2.34. The van der Waals surface area contributed by atoms with Crippen molar-refractivity contribution in [2.45, 2.75) is 43.9 Å². The van der Waals surface area contributed by atoms with Crippen LogP contribution in [0.3, 0.4) is 0 Å². The van der Waals surface area contributed by atoms with Crippen molar-refractivity contribution in [3.63, 3.8) is 0 Å². The Bertz CT molecular complexity index is 1340. The Kier molecular flexibility index (Phi) is 7.74. The molecule has 4 aromatic rings. The summed E-state index contributed by atoms with van der Waals surface area (Å²) in [5.41, 5.74) is 0.450. The molecule has 1 atom stereocenters. The molecule has 1 amide bonds. The number of benzene rings is 1. The molecule has 0 saturated carbocycles. The number of nitrogens with one attached hydrogen (secondary N) is 1. The third-order valence-electron chi connectivity index (χ3n) is 5.45. The SMILES string of the molecule is CC(C)C(C)NC(=O)c1csc(CSc2nnc(-c3cccnc3)n2-c2cccc(C(F)(F)F)c2)n1. The van der Waals surface area contributed by atoms with Crippen LogP contribution in [0.25, 0.3) is 17.1 Å². The van der Waals surface area contributed by atoms with Crippen molar-refractivity contribution in [1.29, 1.82) is 0 Å². The van der Waals surface area contributed by atoms with E-state index in [1.54, 1.807) is 40.5 Å². The van der Waals surface area contributed by atoms with Crippen LogP contribution in [0.4, 0.5) is 13.2 Å². The number of aromatic nitrogens is 5. The number of carbonyl (C=O) groups excluding carboxylic acids is 1. The lowest BCUT2D eigenvalue weighted by Gasteiger charge is -2.16. The first-order valence-corrected chi connectivity index (χ1v) is 12.9. The van der Waals surface area contributed by atoms with Gasteiger partial charge in [-0.15, -0.1) is 21.5 Å². The number of thioether (sulfide) groups is 1. The van der Waals surface area contributed by atoms with Gasteiger partial charge < -0.3 is 5.32 Å². The average Bonchev–Trinajstić information content (AvgIpc) is 3.50. The van der Waals surface area contributed by atoms with E-state index in [1.165, 1.54) is 29.2 Å². The summed E-state index contributed by atoms with van der Waals surface area (Å²) in [5.74, 6) is 0.780. The molecular formula is C24H23F3N6OS2. The molecule has 3 heterocycles. The third-order valence-corrected chi connectivity index (χ3v) is 7.42. The van der Waals surface area contributed by atoms with Gasteiger partial charge in [0.1, 0.15) is 10.7 Å². The molecule has 188 valence electrons. The van der Waals surface area contributed by atoms with Crippen LogP contribution in [0.1, 0.15) is 41.8 Å². The van der Waals surface area contributed by atoms with Gasteiger partial charge in [-0.1, -0.05) is 31.7 Å². The number of hydrogen-bond donors (Lipinski definition) is 1. The summed E-state index contributed by atoms with van der Waals surface area (Å²) in [6.45, 7) is 5.98. The second-order valence-electron chi connectivity index (χ2n) is 8.35. The van der Waals surface area contributed by atoms with Crippen molar-refractivity contribution in [3.05, 3.63) is 70.4 Å². The normalized spacial score (nSPS) is 12.6. The van der Waals surface area contributed by atoms with Crippen molar-refractivity contribution >= 4 is 29.0 Å². The van der Waals surface area contributed by atoms with Crippen molar-refractivity contribution in [2.24, 2.45) is 5.92 Å². The Morgan fingerprint density at radius 1 is 1.17 bits per heavy atom. The monoisotopic (exact) mass is 532 g/mol. The molecule has 0 aliphatic rings. The van der Waals surface area contributed by atoms with E-state index in [1.807, 2.05) is 20.8 Å². The molecule has 3 aromatic heterocycles. The quantitative estimate of drug-likeness (QED) is 0.286. The number of pyridine rings is 1. The largest absolute Gasteiger partial charge is 0.416 e. The maximum atomic E-state index is 13.4. The third kappa shape index (κ3) is 5.93. The number of halogens is 3. The zero-order valence-corrected chi connectivity index (χ0v) is 21.3. The zero-order valence-electron chi connectivity index (χ0n) is 19.7. The Hall–Kier alpha value is -3.25. The number of rotatable bonds is 8. The fourth-order valence-electron chi connectivity index (χ4n) is 3.15. The Balaban J connectivity index is 1.61. The summed E-state index contributed by atoms with van der Waals surface area (Å²) < 4.78 is 41.8. The van der Waals surface area contributed by atoms with Gasteiger partial charge in [-0.2, -0.15) is 13.2 Å². The van der Waals surface area contributed by atoms with Crippen LogP contribution in [0.5, 0.6) is 0 Å². The predicted octanol–water partition coefficient (Wildman–Crippen LogP) is 5.87. The molecule has 7 nitrogen and oxygen atoms in total. The Morgan fingerprint density at radius 3 is 2.67 bits per heavy atom. The molecular weight excluding hydrogens is 509 g/mol. The standard InChI is InChI=1S/C24H23F3N6OS2/c1-14(2)15(3)29-22(34)19-12-35-20(30-19)13-36-23-32-31-21(16-6-5-9-28-11-16)33(23)18-8-4-7-17(10-18)24(25,26)27/h4-12,14-15H,13H2,1-3H3,(H,29,34). The van der Waals surface area contributed by atoms with Gasteiger partial charge in [-0.25, -0.2) is 4.98 Å². The van der Waals surface area contributed by atoms with Crippen LogP contribution in [-0.4, -0.2) is 36.7 Å². The summed E-state index contributed by atoms with van der Waals surface area (Å²) >= 11 is 2.61. The summed E-state index contributed by atoms with van der Waals surface area (Å²) in [4.78, 5) is 21.0. The smallest absolute Gasteiger partial charge is 0.348 e. The molecule has 1 unspecified atom stereocenters. The Labute approximate surface area is 214 Å². The maximum Gasteiger partial charge on any atom is 0.416 e. The molecule has 0 radical (unpaired) electrons. The molecule has 0 aliphatic carbocycles. The van der Waals surface area contributed by atoms with Crippen LogP contribution < -0.4 is 5.32 Å². The molecule has 1 aromatic carbocycles. The minimum absolute atomic E-state index is 0.00827. The first kappa shape index (κ1) is 25.8. The molecule has 1 N–H and O–H groups in total. The number of alkyl halides is 3. The molecule has 0 bridgehead atoms. The highest BCUT2D eigenvalue weighted by atomic mass is 32.2. The van der Waals surface area contributed by atoms with Gasteiger partial charge in [0.25, 0.3) is 5.91 Å². The number of thiazole rings is 1. The van der Waals surface area contributed by atoms with Crippen molar-refractivity contribution in [1.82, 2.24) is 30.0 Å². The van der Waals surface area contributed by atoms with Crippen molar-refractivity contribution < 1.29 is 18.0 Å². The van der Waals surface area contributed by atoms with E-state index in [-0.39, 0.29) is 17.6 Å². The van der Waals surface area contributed by atoms with E-state index in [9.17, 15) is 18.0 Å². The summed E-state index contributed by atoms with van der Waals surface area (Å²) in [7, 11) is 0. The first-order valence-electron chi connectivity index (χ1n) is 11.0. The van der Waals surface area contributed by atoms with Gasteiger partial charge in [-0.3, -0.25) is 14.3 Å². The molecule has 0 spiro atoms. The lowest BCUT2D eigenvalue weighted by atomic mass is 10.1. The van der Waals surface area contributed by atoms with Crippen molar-refractivity contribution in [3.8, 4) is 17.1 Å². The number of carbonyl (C=O) groups is 1. The molecule has 4 rings (SSSR count). The maximum absolute atomic E-state index is 13.4. The fraction of sp³-hybridized carbons (Fsp3) is 0.292. The number of nitrogens with zero attached hydrogens (tertiary/aromatic N) is 5. The van der Waals surface area contributed by atoms with Gasteiger partial charge >= 0.3 is 6.18 Å². The van der Waals surface area contributed by atoms with Crippen LogP contribution >= 0.6 is 23.1 Å². The lowest BCUT2D eigenvalue weighted by molar-refractivity contribution is -0.137. The van der Waals surface area contributed by atoms with Crippen LogP contribution in [-0.2, 0) is 11.9 Å². The fourth-order valence-corrected chi connectivity index (χ4v) is 4.90. The lowest BCUT2D eigenvalue weighted by Crippen LogP contribution is -2.36. The van der Waals surface area contributed by atoms with Crippen molar-refractivity contribution in [2.75, 3.05) is 0 Å². The topological polar surface area (TPSA) is 85.6 Å². The van der Waals surface area contributed by atoms with Crippen LogP contribution in [0.15, 0.2) is 59.3 Å². The molecule has 36 heavy (non-hydrogen) atoms. The highest BCUT2D eigenvalue weighted by molar-refractivity contribution is 7.98. The summed E-state index contributed by atoms with van der Waals surface area (Å²) in [6, 6.07) is 8.50. The first-order chi connectivity index (χ1) is 17.1. The molecule has 0 aliphatic heterocycles. The second-order valence-corrected chi connectivity index (χ2v) is 10.2. The molecule has 0 saturated heterocycles. The van der Waals surface area contributed by atoms with Crippen LogP contribution in [0, 0.1) is 5.92 Å². The average molecular weight is 533 g/mol. The van der Waals surface area contributed by atoms with Crippen LogP contribution in [0.2, 0.25) is 0 Å². The Morgan fingerprint density at radius 2 is 1.97 bits per heavy atom. The number of hydrogen-bond acceptors (Lipinski definition) is 7. The second kappa shape index (κ2) is 10.8. The van der Waals surface area contributed by atoms with E-state index >= 15 is 0 Å². The predicted molar refractivity (Wildman–Crippen MR) is 133 cm³/mol. The van der Waals surface area contributed by atoms with Gasteiger partial charge in [0.05, 0.1) is 17.0 Å². The van der Waals surface area contributed by atoms with Gasteiger partial charge in [0, 0.05) is 29.4 Å². The summed E-state index contributed by atoms with van der Waals surface area (Å²) in [6.07, 6.45) is -1.31. The van der Waals surface area contributed by atoms with Gasteiger partial charge in [0.15, 0.2) is 11.0 Å². The van der Waals surface area contributed by atoms with E-state index in [2.05, 4.69) is 25.5 Å².